The second-order valence-electron chi connectivity index (χ2n) is 6.85. The summed E-state index contributed by atoms with van der Waals surface area (Å²) in [6, 6.07) is 11.9. The molecule has 0 spiro atoms. The van der Waals surface area contributed by atoms with Gasteiger partial charge in [-0.25, -0.2) is 4.79 Å². The van der Waals surface area contributed by atoms with E-state index in [2.05, 4.69) is 21.8 Å². The Kier molecular flexibility index (Phi) is 5.63. The molecule has 0 saturated carbocycles. The lowest BCUT2D eigenvalue weighted by molar-refractivity contribution is -0.137. The van der Waals surface area contributed by atoms with E-state index in [1.165, 1.54) is 12.1 Å². The third-order valence-corrected chi connectivity index (χ3v) is 4.48. The van der Waals surface area contributed by atoms with Crippen LogP contribution < -0.4 is 10.6 Å². The number of alkyl halides is 3. The van der Waals surface area contributed by atoms with Gasteiger partial charge in [0.2, 0.25) is 0 Å². The van der Waals surface area contributed by atoms with Crippen LogP contribution in [0.5, 0.6) is 0 Å². The van der Waals surface area contributed by atoms with Gasteiger partial charge >= 0.3 is 12.2 Å². The van der Waals surface area contributed by atoms with Crippen molar-refractivity contribution in [3.8, 4) is 0 Å². The van der Waals surface area contributed by atoms with Crippen LogP contribution >= 0.6 is 0 Å². The first-order valence-electron chi connectivity index (χ1n) is 8.98. The van der Waals surface area contributed by atoms with Crippen molar-refractivity contribution in [1.29, 1.82) is 0 Å². The SMILES string of the molecule is Cc1cccc(Cn2nc(C)c(NC(=O)Nc3cccc(C(F)(F)F)c3)c2C)c1. The van der Waals surface area contributed by atoms with Crippen LogP contribution in [0.25, 0.3) is 0 Å². The molecule has 0 unspecified atom stereocenters. The Balaban J connectivity index is 1.73. The van der Waals surface area contributed by atoms with Crippen LogP contribution in [0, 0.1) is 20.8 Å². The van der Waals surface area contributed by atoms with Crippen LogP contribution in [-0.4, -0.2) is 15.8 Å². The zero-order valence-corrected chi connectivity index (χ0v) is 16.3. The maximum Gasteiger partial charge on any atom is 0.416 e. The second-order valence-corrected chi connectivity index (χ2v) is 6.85. The first kappa shape index (κ1) is 20.4. The summed E-state index contributed by atoms with van der Waals surface area (Å²) in [7, 11) is 0. The molecule has 0 bridgehead atoms. The molecule has 3 aromatic rings. The van der Waals surface area contributed by atoms with E-state index in [9.17, 15) is 18.0 Å². The number of amides is 2. The third kappa shape index (κ3) is 4.96. The van der Waals surface area contributed by atoms with Crippen LogP contribution in [0.1, 0.15) is 28.1 Å². The quantitative estimate of drug-likeness (QED) is 0.604. The van der Waals surface area contributed by atoms with Crippen molar-refractivity contribution < 1.29 is 18.0 Å². The van der Waals surface area contributed by atoms with E-state index < -0.39 is 17.8 Å². The largest absolute Gasteiger partial charge is 0.416 e. The van der Waals surface area contributed by atoms with E-state index in [0.717, 1.165) is 29.0 Å². The minimum absolute atomic E-state index is 0.0554. The Bertz CT molecular complexity index is 1040. The number of aromatic nitrogens is 2. The van der Waals surface area contributed by atoms with E-state index in [0.29, 0.717) is 17.9 Å². The Morgan fingerprint density at radius 2 is 1.76 bits per heavy atom. The number of hydrogen-bond acceptors (Lipinski definition) is 2. The van der Waals surface area contributed by atoms with Gasteiger partial charge in [0.15, 0.2) is 0 Å². The molecule has 5 nitrogen and oxygen atoms in total. The molecule has 0 aliphatic heterocycles. The zero-order chi connectivity index (χ0) is 21.2. The van der Waals surface area contributed by atoms with Gasteiger partial charge in [0.25, 0.3) is 0 Å². The Labute approximate surface area is 166 Å². The molecular formula is C21H21F3N4O. The molecule has 0 atom stereocenters. The monoisotopic (exact) mass is 402 g/mol. The zero-order valence-electron chi connectivity index (χ0n) is 16.3. The topological polar surface area (TPSA) is 59.0 Å². The molecule has 0 fully saturated rings. The lowest BCUT2D eigenvalue weighted by atomic mass is 10.1. The van der Waals surface area contributed by atoms with E-state index in [1.54, 1.807) is 11.6 Å². The van der Waals surface area contributed by atoms with E-state index in [4.69, 9.17) is 0 Å². The average molecular weight is 402 g/mol. The van der Waals surface area contributed by atoms with Crippen LogP contribution in [0.2, 0.25) is 0 Å². The molecule has 0 saturated heterocycles. The van der Waals surface area contributed by atoms with Crippen molar-refractivity contribution >= 4 is 17.4 Å². The van der Waals surface area contributed by atoms with Crippen molar-refractivity contribution in [2.24, 2.45) is 0 Å². The minimum atomic E-state index is -4.47. The predicted octanol–water partition coefficient (Wildman–Crippen LogP) is 5.52. The fraction of sp³-hybridized carbons (Fsp3) is 0.238. The summed E-state index contributed by atoms with van der Waals surface area (Å²) in [6.07, 6.45) is -4.47. The van der Waals surface area contributed by atoms with Crippen LogP contribution in [-0.2, 0) is 12.7 Å². The predicted molar refractivity (Wildman–Crippen MR) is 106 cm³/mol. The number of rotatable bonds is 4. The Hall–Kier alpha value is -3.29. The Morgan fingerprint density at radius 1 is 1.03 bits per heavy atom. The van der Waals surface area contributed by atoms with Crippen LogP contribution in [0.4, 0.5) is 29.3 Å². The summed E-state index contributed by atoms with van der Waals surface area (Å²) in [5.74, 6) is 0. The molecule has 2 amide bonds. The first-order chi connectivity index (χ1) is 13.6. The standard InChI is InChI=1S/C21H21F3N4O/c1-13-6-4-7-16(10-13)12-28-15(3)19(14(2)27-28)26-20(29)25-18-9-5-8-17(11-18)21(22,23)24/h4-11H,12H2,1-3H3,(H2,25,26,29). The van der Waals surface area contributed by atoms with Crippen molar-refractivity contribution in [2.45, 2.75) is 33.5 Å². The van der Waals surface area contributed by atoms with Crippen LogP contribution in [0.15, 0.2) is 48.5 Å². The van der Waals surface area contributed by atoms with Crippen molar-refractivity contribution in [2.75, 3.05) is 10.6 Å². The molecule has 29 heavy (non-hydrogen) atoms. The fourth-order valence-corrected chi connectivity index (χ4v) is 3.06. The highest BCUT2D eigenvalue weighted by Gasteiger charge is 2.30. The molecule has 2 aromatic carbocycles. The summed E-state index contributed by atoms with van der Waals surface area (Å²) in [5.41, 5.74) is 3.35. The van der Waals surface area contributed by atoms with Gasteiger partial charge < -0.3 is 10.6 Å². The number of aryl methyl sites for hydroxylation is 2. The number of hydrogen-bond donors (Lipinski definition) is 2. The molecule has 1 aromatic heterocycles. The van der Waals surface area contributed by atoms with Gasteiger partial charge in [-0.15, -0.1) is 0 Å². The van der Waals surface area contributed by atoms with Gasteiger partial charge in [-0.1, -0.05) is 35.9 Å². The van der Waals surface area contributed by atoms with Gasteiger partial charge in [-0.2, -0.15) is 18.3 Å². The Morgan fingerprint density at radius 3 is 2.45 bits per heavy atom. The fourth-order valence-electron chi connectivity index (χ4n) is 3.06. The molecule has 1 heterocycles. The lowest BCUT2D eigenvalue weighted by Crippen LogP contribution is -2.20. The number of benzene rings is 2. The number of anilines is 2. The highest BCUT2D eigenvalue weighted by molar-refractivity contribution is 6.00. The molecule has 8 heteroatoms. The number of nitrogens with one attached hydrogen (secondary N) is 2. The number of nitrogens with zero attached hydrogens (tertiary/aromatic N) is 2. The molecule has 2 N–H and O–H groups in total. The first-order valence-corrected chi connectivity index (χ1v) is 8.98. The van der Waals surface area contributed by atoms with Gasteiger partial charge in [-0.3, -0.25) is 4.68 Å². The summed E-state index contributed by atoms with van der Waals surface area (Å²) in [4.78, 5) is 12.3. The highest BCUT2D eigenvalue weighted by atomic mass is 19.4. The summed E-state index contributed by atoms with van der Waals surface area (Å²) >= 11 is 0. The minimum Gasteiger partial charge on any atom is -0.308 e. The van der Waals surface area contributed by atoms with Gasteiger partial charge in [0.1, 0.15) is 0 Å². The molecule has 3 rings (SSSR count). The average Bonchev–Trinajstić information content (AvgIpc) is 2.89. The van der Waals surface area contributed by atoms with Crippen molar-refractivity contribution in [1.82, 2.24) is 9.78 Å². The molecular weight excluding hydrogens is 381 g/mol. The smallest absolute Gasteiger partial charge is 0.308 e. The van der Waals surface area contributed by atoms with Crippen LogP contribution in [0.3, 0.4) is 0 Å². The summed E-state index contributed by atoms with van der Waals surface area (Å²) < 4.78 is 40.3. The van der Waals surface area contributed by atoms with Gasteiger partial charge in [0.05, 0.1) is 29.2 Å². The molecule has 152 valence electrons. The molecule has 0 aliphatic carbocycles. The number of urea groups is 1. The number of carbonyl (C=O) groups is 1. The molecule has 0 radical (unpaired) electrons. The lowest BCUT2D eigenvalue weighted by Gasteiger charge is -2.11. The third-order valence-electron chi connectivity index (χ3n) is 4.48. The van der Waals surface area contributed by atoms with Crippen molar-refractivity contribution in [3.63, 3.8) is 0 Å². The maximum absolute atomic E-state index is 12.8. The van der Waals surface area contributed by atoms with E-state index in [-0.39, 0.29) is 5.69 Å². The maximum atomic E-state index is 12.8. The molecule has 0 aliphatic rings. The van der Waals surface area contributed by atoms with E-state index >= 15 is 0 Å². The van der Waals surface area contributed by atoms with Gasteiger partial charge in [0, 0.05) is 5.69 Å². The normalized spacial score (nSPS) is 11.4. The van der Waals surface area contributed by atoms with E-state index in [1.807, 2.05) is 32.0 Å². The number of halogens is 3. The number of carbonyl (C=O) groups excluding carboxylic acids is 1. The summed E-state index contributed by atoms with van der Waals surface area (Å²) in [5, 5.41) is 9.59. The van der Waals surface area contributed by atoms with Crippen molar-refractivity contribution in [3.05, 3.63) is 76.6 Å². The second kappa shape index (κ2) is 7.98. The van der Waals surface area contributed by atoms with Gasteiger partial charge in [-0.05, 0) is 44.5 Å². The highest BCUT2D eigenvalue weighted by Crippen LogP contribution is 2.30. The summed E-state index contributed by atoms with van der Waals surface area (Å²) in [6.45, 7) is 6.15.